The summed E-state index contributed by atoms with van der Waals surface area (Å²) in [6.07, 6.45) is 0. The zero-order valence-electron chi connectivity index (χ0n) is 7.65. The Kier molecular flexibility index (Phi) is 3.66. The van der Waals surface area contributed by atoms with Gasteiger partial charge >= 0.3 is 0 Å². The van der Waals surface area contributed by atoms with E-state index in [1.54, 1.807) is 6.92 Å². The minimum absolute atomic E-state index is 0.0165. The summed E-state index contributed by atoms with van der Waals surface area (Å²) < 4.78 is 25.8. The van der Waals surface area contributed by atoms with Crippen LogP contribution in [0.5, 0.6) is 0 Å². The molecule has 1 aromatic rings. The molecule has 1 rings (SSSR count). The molecule has 0 spiro atoms. The van der Waals surface area contributed by atoms with Crippen LogP contribution in [0.1, 0.15) is 6.92 Å². The van der Waals surface area contributed by atoms with Gasteiger partial charge in [0.2, 0.25) is 0 Å². The van der Waals surface area contributed by atoms with Crippen LogP contribution in [0, 0.1) is 11.6 Å². The molecule has 0 aliphatic heterocycles. The van der Waals surface area contributed by atoms with Gasteiger partial charge in [0.25, 0.3) is 0 Å². The topological polar surface area (TPSA) is 38.0 Å². The Balaban J connectivity index is 2.96. The SMILES string of the molecule is CC(CN)Nc1c(F)cc(F)cc1Cl. The molecule has 0 saturated carbocycles. The second-order valence-corrected chi connectivity index (χ2v) is 3.43. The fourth-order valence-electron chi connectivity index (χ4n) is 0.985. The summed E-state index contributed by atoms with van der Waals surface area (Å²) >= 11 is 5.65. The Morgan fingerprint density at radius 2 is 2.14 bits per heavy atom. The lowest BCUT2D eigenvalue weighted by molar-refractivity contribution is 0.583. The molecule has 0 radical (unpaired) electrons. The lowest BCUT2D eigenvalue weighted by atomic mass is 10.2. The van der Waals surface area contributed by atoms with Gasteiger partial charge in [-0.1, -0.05) is 11.6 Å². The Labute approximate surface area is 86.1 Å². The third-order valence-corrected chi connectivity index (χ3v) is 2.05. The van der Waals surface area contributed by atoms with E-state index in [1.165, 1.54) is 0 Å². The summed E-state index contributed by atoms with van der Waals surface area (Å²) in [6, 6.07) is 1.71. The third kappa shape index (κ3) is 2.56. The molecule has 0 amide bonds. The molecule has 14 heavy (non-hydrogen) atoms. The minimum atomic E-state index is -0.713. The predicted octanol–water partition coefficient (Wildman–Crippen LogP) is 2.38. The van der Waals surface area contributed by atoms with E-state index in [2.05, 4.69) is 5.32 Å². The van der Waals surface area contributed by atoms with Crippen LogP contribution >= 0.6 is 11.6 Å². The van der Waals surface area contributed by atoms with E-state index in [-0.39, 0.29) is 16.8 Å². The predicted molar refractivity (Wildman–Crippen MR) is 53.5 cm³/mol. The molecule has 0 saturated heterocycles. The Hall–Kier alpha value is -0.870. The lowest BCUT2D eigenvalue weighted by Gasteiger charge is -2.14. The van der Waals surface area contributed by atoms with Gasteiger partial charge in [0.05, 0.1) is 10.7 Å². The number of hydrogen-bond donors (Lipinski definition) is 2. The summed E-state index contributed by atoms with van der Waals surface area (Å²) in [5.74, 6) is -1.41. The van der Waals surface area contributed by atoms with Gasteiger partial charge < -0.3 is 11.1 Å². The molecule has 0 heterocycles. The maximum Gasteiger partial charge on any atom is 0.150 e. The first kappa shape index (κ1) is 11.2. The fraction of sp³-hybridized carbons (Fsp3) is 0.333. The van der Waals surface area contributed by atoms with Gasteiger partial charge in [0.15, 0.2) is 5.82 Å². The van der Waals surface area contributed by atoms with Gasteiger partial charge in [-0.15, -0.1) is 0 Å². The molecule has 78 valence electrons. The molecule has 0 bridgehead atoms. The number of nitrogens with two attached hydrogens (primary N) is 1. The summed E-state index contributed by atoms with van der Waals surface area (Å²) in [7, 11) is 0. The van der Waals surface area contributed by atoms with E-state index in [4.69, 9.17) is 17.3 Å². The van der Waals surface area contributed by atoms with Crippen LogP contribution in [0.4, 0.5) is 14.5 Å². The normalized spacial score (nSPS) is 12.6. The molecule has 0 aliphatic rings. The number of anilines is 1. The standard InChI is InChI=1S/C9H11ClF2N2/c1-5(4-13)14-9-7(10)2-6(11)3-8(9)12/h2-3,5,14H,4,13H2,1H3. The van der Waals surface area contributed by atoms with Gasteiger partial charge in [0.1, 0.15) is 5.82 Å². The molecular formula is C9H11ClF2N2. The van der Waals surface area contributed by atoms with Crippen molar-refractivity contribution in [3.8, 4) is 0 Å². The smallest absolute Gasteiger partial charge is 0.150 e. The van der Waals surface area contributed by atoms with Crippen LogP contribution in [0.15, 0.2) is 12.1 Å². The first-order chi connectivity index (χ1) is 6.54. The van der Waals surface area contributed by atoms with Crippen molar-refractivity contribution in [1.82, 2.24) is 0 Å². The largest absolute Gasteiger partial charge is 0.378 e. The minimum Gasteiger partial charge on any atom is -0.378 e. The van der Waals surface area contributed by atoms with Crippen molar-refractivity contribution in [2.24, 2.45) is 5.73 Å². The fourth-order valence-corrected chi connectivity index (χ4v) is 1.23. The highest BCUT2D eigenvalue weighted by Gasteiger charge is 2.11. The third-order valence-electron chi connectivity index (χ3n) is 1.75. The van der Waals surface area contributed by atoms with E-state index in [0.717, 1.165) is 12.1 Å². The van der Waals surface area contributed by atoms with Crippen molar-refractivity contribution < 1.29 is 8.78 Å². The van der Waals surface area contributed by atoms with Crippen molar-refractivity contribution in [2.45, 2.75) is 13.0 Å². The van der Waals surface area contributed by atoms with Crippen molar-refractivity contribution in [3.63, 3.8) is 0 Å². The first-order valence-corrected chi connectivity index (χ1v) is 4.53. The van der Waals surface area contributed by atoms with Crippen molar-refractivity contribution in [1.29, 1.82) is 0 Å². The molecule has 1 unspecified atom stereocenters. The number of hydrogen-bond acceptors (Lipinski definition) is 2. The molecule has 3 N–H and O–H groups in total. The van der Waals surface area contributed by atoms with Gasteiger partial charge in [-0.25, -0.2) is 8.78 Å². The highest BCUT2D eigenvalue weighted by atomic mass is 35.5. The van der Waals surface area contributed by atoms with Gasteiger partial charge in [-0.3, -0.25) is 0 Å². The quantitative estimate of drug-likeness (QED) is 0.821. The van der Waals surface area contributed by atoms with Crippen LogP contribution in [-0.2, 0) is 0 Å². The molecule has 0 aliphatic carbocycles. The average molecular weight is 221 g/mol. The molecular weight excluding hydrogens is 210 g/mol. The highest BCUT2D eigenvalue weighted by Crippen LogP contribution is 2.26. The van der Waals surface area contributed by atoms with Crippen molar-refractivity contribution in [2.75, 3.05) is 11.9 Å². The van der Waals surface area contributed by atoms with Crippen LogP contribution in [-0.4, -0.2) is 12.6 Å². The molecule has 1 atom stereocenters. The van der Waals surface area contributed by atoms with Crippen molar-refractivity contribution in [3.05, 3.63) is 28.8 Å². The van der Waals surface area contributed by atoms with E-state index in [9.17, 15) is 8.78 Å². The Morgan fingerprint density at radius 3 is 2.64 bits per heavy atom. The zero-order chi connectivity index (χ0) is 10.7. The van der Waals surface area contributed by atoms with E-state index in [1.807, 2.05) is 0 Å². The molecule has 0 fully saturated rings. The van der Waals surface area contributed by atoms with Gasteiger partial charge in [0, 0.05) is 18.7 Å². The lowest BCUT2D eigenvalue weighted by Crippen LogP contribution is -2.25. The van der Waals surface area contributed by atoms with Gasteiger partial charge in [-0.2, -0.15) is 0 Å². The number of rotatable bonds is 3. The van der Waals surface area contributed by atoms with E-state index < -0.39 is 11.6 Å². The maximum absolute atomic E-state index is 13.2. The zero-order valence-corrected chi connectivity index (χ0v) is 8.41. The number of halogens is 3. The highest BCUT2D eigenvalue weighted by molar-refractivity contribution is 6.33. The Morgan fingerprint density at radius 1 is 1.50 bits per heavy atom. The first-order valence-electron chi connectivity index (χ1n) is 4.15. The summed E-state index contributed by atoms with van der Waals surface area (Å²) in [5.41, 5.74) is 5.44. The summed E-state index contributed by atoms with van der Waals surface area (Å²) in [6.45, 7) is 2.12. The van der Waals surface area contributed by atoms with Crippen LogP contribution in [0.25, 0.3) is 0 Å². The van der Waals surface area contributed by atoms with Crippen LogP contribution in [0.3, 0.4) is 0 Å². The molecule has 1 aromatic carbocycles. The van der Waals surface area contributed by atoms with Crippen LogP contribution < -0.4 is 11.1 Å². The maximum atomic E-state index is 13.2. The second kappa shape index (κ2) is 4.57. The second-order valence-electron chi connectivity index (χ2n) is 3.03. The average Bonchev–Trinajstić information content (AvgIpc) is 2.10. The molecule has 2 nitrogen and oxygen atoms in total. The molecule has 0 aromatic heterocycles. The van der Waals surface area contributed by atoms with Crippen LogP contribution in [0.2, 0.25) is 5.02 Å². The summed E-state index contributed by atoms with van der Waals surface area (Å²) in [5, 5.41) is 2.77. The van der Waals surface area contributed by atoms with E-state index in [0.29, 0.717) is 6.54 Å². The number of nitrogens with one attached hydrogen (secondary N) is 1. The monoisotopic (exact) mass is 220 g/mol. The molecule has 5 heteroatoms. The number of benzene rings is 1. The van der Waals surface area contributed by atoms with Gasteiger partial charge in [-0.05, 0) is 13.0 Å². The van der Waals surface area contributed by atoms with Crippen molar-refractivity contribution >= 4 is 17.3 Å². The summed E-state index contributed by atoms with van der Waals surface area (Å²) in [4.78, 5) is 0. The van der Waals surface area contributed by atoms with E-state index >= 15 is 0 Å². The Bertz CT molecular complexity index is 308.